The third-order valence-corrected chi connectivity index (χ3v) is 6.48. The number of carbonyl (C=O) groups is 1. The van der Waals surface area contributed by atoms with Gasteiger partial charge in [0.15, 0.2) is 0 Å². The Morgan fingerprint density at radius 3 is 2.52 bits per heavy atom. The van der Waals surface area contributed by atoms with Gasteiger partial charge in [0.25, 0.3) is 5.91 Å². The molecule has 3 aromatic heterocycles. The van der Waals surface area contributed by atoms with Crippen LogP contribution in [0.1, 0.15) is 58.7 Å². The van der Waals surface area contributed by atoms with Gasteiger partial charge in [-0.25, -0.2) is 9.97 Å². The number of amides is 1. The second kappa shape index (κ2) is 8.23. The highest BCUT2D eigenvalue weighted by Gasteiger charge is 2.23. The van der Waals surface area contributed by atoms with Crippen LogP contribution in [-0.4, -0.2) is 25.7 Å². The van der Waals surface area contributed by atoms with Gasteiger partial charge in [-0.2, -0.15) is 5.10 Å². The van der Waals surface area contributed by atoms with E-state index < -0.39 is 0 Å². The second-order valence-electron chi connectivity index (χ2n) is 8.77. The summed E-state index contributed by atoms with van der Waals surface area (Å²) >= 11 is 1.44. The van der Waals surface area contributed by atoms with Gasteiger partial charge >= 0.3 is 0 Å². The number of carbonyl (C=O) groups excluding carboxylic acids is 1. The predicted octanol–water partition coefficient (Wildman–Crippen LogP) is 4.78. The molecule has 0 saturated carbocycles. The molecule has 4 aromatic rings. The predicted molar refractivity (Wildman–Crippen MR) is 125 cm³/mol. The SMILES string of the molecule is Cc1nc(C(C)(C)C)nc2sc(C(=O)NCc3ccccc3Cn3cccn3)c(C)c12. The fraction of sp³-hybridized carbons (Fsp3) is 0.333. The van der Waals surface area contributed by atoms with Crippen molar-refractivity contribution in [2.24, 2.45) is 0 Å². The summed E-state index contributed by atoms with van der Waals surface area (Å²) in [5.41, 5.74) is 3.94. The first kappa shape index (κ1) is 21.2. The first-order chi connectivity index (χ1) is 14.7. The van der Waals surface area contributed by atoms with Gasteiger partial charge in [-0.3, -0.25) is 9.48 Å². The molecule has 3 heterocycles. The molecule has 4 rings (SSSR count). The lowest BCUT2D eigenvalue weighted by atomic mass is 9.95. The molecule has 0 spiro atoms. The lowest BCUT2D eigenvalue weighted by molar-refractivity contribution is 0.0954. The zero-order valence-electron chi connectivity index (χ0n) is 18.6. The van der Waals surface area contributed by atoms with Crippen LogP contribution in [0.4, 0.5) is 0 Å². The van der Waals surface area contributed by atoms with Crippen molar-refractivity contribution in [2.75, 3.05) is 0 Å². The molecule has 31 heavy (non-hydrogen) atoms. The summed E-state index contributed by atoms with van der Waals surface area (Å²) in [4.78, 5) is 24.1. The van der Waals surface area contributed by atoms with E-state index >= 15 is 0 Å². The Bertz CT molecular complexity index is 1240. The molecule has 0 atom stereocenters. The minimum absolute atomic E-state index is 0.0777. The molecule has 0 aliphatic carbocycles. The maximum Gasteiger partial charge on any atom is 0.261 e. The Hall–Kier alpha value is -3.06. The fourth-order valence-corrected chi connectivity index (χ4v) is 4.75. The standard InChI is InChI=1S/C24H27N5OS/c1-15-19-16(2)27-23(24(3,4)5)28-22(19)31-20(15)21(30)25-13-17-9-6-7-10-18(17)14-29-12-8-11-26-29/h6-12H,13-14H2,1-5H3,(H,25,30). The molecule has 7 heteroatoms. The van der Waals surface area contributed by atoms with Crippen LogP contribution >= 0.6 is 11.3 Å². The van der Waals surface area contributed by atoms with Gasteiger partial charge in [-0.15, -0.1) is 11.3 Å². The summed E-state index contributed by atoms with van der Waals surface area (Å²) in [5.74, 6) is 0.726. The third kappa shape index (κ3) is 4.37. The van der Waals surface area contributed by atoms with E-state index in [9.17, 15) is 4.79 Å². The summed E-state index contributed by atoms with van der Waals surface area (Å²) in [6.07, 6.45) is 3.70. The van der Waals surface area contributed by atoms with E-state index in [0.717, 1.165) is 38.4 Å². The number of hydrogen-bond donors (Lipinski definition) is 1. The van der Waals surface area contributed by atoms with Gasteiger partial charge in [-0.05, 0) is 36.6 Å². The second-order valence-corrected chi connectivity index (χ2v) is 9.77. The molecule has 0 aliphatic heterocycles. The smallest absolute Gasteiger partial charge is 0.261 e. The van der Waals surface area contributed by atoms with E-state index in [2.05, 4.69) is 37.3 Å². The molecule has 0 saturated heterocycles. The maximum absolute atomic E-state index is 13.1. The van der Waals surface area contributed by atoms with Gasteiger partial charge in [0.1, 0.15) is 10.7 Å². The van der Waals surface area contributed by atoms with Crippen molar-refractivity contribution in [2.45, 2.75) is 53.1 Å². The quantitative estimate of drug-likeness (QED) is 0.492. The number of thiophene rings is 1. The van der Waals surface area contributed by atoms with E-state index in [4.69, 9.17) is 9.97 Å². The summed E-state index contributed by atoms with van der Waals surface area (Å²) in [6.45, 7) is 11.4. The highest BCUT2D eigenvalue weighted by molar-refractivity contribution is 7.20. The minimum atomic E-state index is -0.141. The Labute approximate surface area is 186 Å². The van der Waals surface area contributed by atoms with Gasteiger partial charge in [0.05, 0.1) is 17.1 Å². The Morgan fingerprint density at radius 2 is 1.84 bits per heavy atom. The first-order valence-electron chi connectivity index (χ1n) is 10.3. The molecule has 1 amide bonds. The molecule has 6 nitrogen and oxygen atoms in total. The number of benzene rings is 1. The summed E-state index contributed by atoms with van der Waals surface area (Å²) in [5, 5.41) is 8.37. The lowest BCUT2D eigenvalue weighted by Crippen LogP contribution is -2.23. The minimum Gasteiger partial charge on any atom is -0.347 e. The molecular formula is C24H27N5OS. The van der Waals surface area contributed by atoms with Crippen LogP contribution in [0, 0.1) is 13.8 Å². The van der Waals surface area contributed by atoms with E-state index in [1.807, 2.05) is 49.0 Å². The molecule has 0 fully saturated rings. The molecule has 0 radical (unpaired) electrons. The van der Waals surface area contributed by atoms with Crippen molar-refractivity contribution in [1.82, 2.24) is 25.1 Å². The molecule has 160 valence electrons. The van der Waals surface area contributed by atoms with E-state index in [1.165, 1.54) is 11.3 Å². The van der Waals surface area contributed by atoms with Crippen molar-refractivity contribution in [3.05, 3.63) is 75.8 Å². The molecule has 1 N–H and O–H groups in total. The topological polar surface area (TPSA) is 72.7 Å². The van der Waals surface area contributed by atoms with Gasteiger partial charge in [0.2, 0.25) is 0 Å². The van der Waals surface area contributed by atoms with Crippen molar-refractivity contribution in [3.63, 3.8) is 0 Å². The van der Waals surface area contributed by atoms with Crippen LogP contribution in [0.3, 0.4) is 0 Å². The Kier molecular flexibility index (Phi) is 5.62. The van der Waals surface area contributed by atoms with Crippen LogP contribution in [0.5, 0.6) is 0 Å². The van der Waals surface area contributed by atoms with Crippen LogP contribution in [0.15, 0.2) is 42.7 Å². The number of aromatic nitrogens is 4. The number of rotatable bonds is 5. The average molecular weight is 434 g/mol. The molecule has 0 unspecified atom stereocenters. The van der Waals surface area contributed by atoms with Crippen molar-refractivity contribution in [3.8, 4) is 0 Å². The van der Waals surface area contributed by atoms with Crippen molar-refractivity contribution >= 4 is 27.5 Å². The van der Waals surface area contributed by atoms with Crippen LogP contribution in [-0.2, 0) is 18.5 Å². The first-order valence-corrected chi connectivity index (χ1v) is 11.2. The number of nitrogens with one attached hydrogen (secondary N) is 1. The Balaban J connectivity index is 1.57. The fourth-order valence-electron chi connectivity index (χ4n) is 3.60. The summed E-state index contributed by atoms with van der Waals surface area (Å²) in [6, 6.07) is 10.0. The monoisotopic (exact) mass is 433 g/mol. The van der Waals surface area contributed by atoms with Gasteiger partial charge in [-0.1, -0.05) is 45.0 Å². The van der Waals surface area contributed by atoms with E-state index in [0.29, 0.717) is 18.0 Å². The Morgan fingerprint density at radius 1 is 1.10 bits per heavy atom. The van der Waals surface area contributed by atoms with E-state index in [-0.39, 0.29) is 11.3 Å². The largest absolute Gasteiger partial charge is 0.347 e. The van der Waals surface area contributed by atoms with E-state index in [1.54, 1.807) is 6.20 Å². The average Bonchev–Trinajstić information content (AvgIpc) is 3.34. The van der Waals surface area contributed by atoms with Crippen LogP contribution in [0.25, 0.3) is 10.2 Å². The van der Waals surface area contributed by atoms with Crippen LogP contribution in [0.2, 0.25) is 0 Å². The van der Waals surface area contributed by atoms with Gasteiger partial charge in [0, 0.05) is 29.7 Å². The maximum atomic E-state index is 13.1. The number of nitrogens with zero attached hydrogens (tertiary/aromatic N) is 4. The van der Waals surface area contributed by atoms with Crippen molar-refractivity contribution < 1.29 is 4.79 Å². The number of aryl methyl sites for hydroxylation is 2. The van der Waals surface area contributed by atoms with Crippen molar-refractivity contribution in [1.29, 1.82) is 0 Å². The molecule has 0 bridgehead atoms. The molecule has 0 aliphatic rings. The highest BCUT2D eigenvalue weighted by Crippen LogP contribution is 2.33. The highest BCUT2D eigenvalue weighted by atomic mass is 32.1. The zero-order valence-corrected chi connectivity index (χ0v) is 19.4. The zero-order chi connectivity index (χ0) is 22.2. The summed E-state index contributed by atoms with van der Waals surface area (Å²) in [7, 11) is 0. The van der Waals surface area contributed by atoms with Crippen LogP contribution < -0.4 is 5.32 Å². The third-order valence-electron chi connectivity index (χ3n) is 5.30. The normalized spacial score (nSPS) is 11.8. The number of hydrogen-bond acceptors (Lipinski definition) is 5. The van der Waals surface area contributed by atoms with Gasteiger partial charge < -0.3 is 5.32 Å². The molecular weight excluding hydrogens is 406 g/mol. The summed E-state index contributed by atoms with van der Waals surface area (Å²) < 4.78 is 1.88. The molecule has 1 aromatic carbocycles. The lowest BCUT2D eigenvalue weighted by Gasteiger charge is -2.16. The number of fused-ring (bicyclic) bond motifs is 1.